The number of rotatable bonds is 3. The van der Waals surface area contributed by atoms with Gasteiger partial charge < -0.3 is 5.73 Å². The quantitative estimate of drug-likeness (QED) is 0.874. The van der Waals surface area contributed by atoms with Crippen LogP contribution in [0.4, 0.5) is 0 Å². The second-order valence-corrected chi connectivity index (χ2v) is 5.05. The number of pyridine rings is 1. The zero-order chi connectivity index (χ0) is 11.7. The predicted molar refractivity (Wildman–Crippen MR) is 70.8 cm³/mol. The van der Waals surface area contributed by atoms with Crippen molar-refractivity contribution in [3.8, 4) is 0 Å². The minimum absolute atomic E-state index is 0.314. The van der Waals surface area contributed by atoms with Crippen molar-refractivity contribution in [1.82, 2.24) is 4.98 Å². The molecule has 2 N–H and O–H groups in total. The van der Waals surface area contributed by atoms with E-state index in [9.17, 15) is 0 Å². The van der Waals surface area contributed by atoms with Gasteiger partial charge in [0.2, 0.25) is 0 Å². The highest BCUT2D eigenvalue weighted by molar-refractivity contribution is 5.81. The summed E-state index contributed by atoms with van der Waals surface area (Å²) < 4.78 is 0. The molecule has 17 heavy (non-hydrogen) atoms. The Labute approximate surface area is 102 Å². The zero-order valence-corrected chi connectivity index (χ0v) is 9.97. The molecule has 1 saturated carbocycles. The third kappa shape index (κ3) is 2.05. The van der Waals surface area contributed by atoms with E-state index in [1.54, 1.807) is 0 Å². The normalized spacial score (nSPS) is 17.9. The molecule has 88 valence electrons. The van der Waals surface area contributed by atoms with Crippen LogP contribution >= 0.6 is 0 Å². The highest BCUT2D eigenvalue weighted by Gasteiger charge is 2.24. The van der Waals surface area contributed by atoms with Gasteiger partial charge in [0, 0.05) is 17.6 Å². The number of hydrogen-bond acceptors (Lipinski definition) is 2. The number of benzene rings is 1. The van der Waals surface area contributed by atoms with Gasteiger partial charge in [-0.1, -0.05) is 24.6 Å². The first-order valence-electron chi connectivity index (χ1n) is 6.43. The summed E-state index contributed by atoms with van der Waals surface area (Å²) in [6.45, 7) is 0. The standard InChI is InChI=1S/C15H18N2/c16-14(11-4-3-5-11)10-12-8-9-17-15-7-2-1-6-13(12)15/h1-2,6-9,11,14H,3-5,10,16H2. The van der Waals surface area contributed by atoms with Crippen LogP contribution in [0.1, 0.15) is 24.8 Å². The summed E-state index contributed by atoms with van der Waals surface area (Å²) in [5, 5.41) is 1.25. The number of nitrogens with two attached hydrogens (primary N) is 1. The van der Waals surface area contributed by atoms with Crippen molar-refractivity contribution >= 4 is 10.9 Å². The van der Waals surface area contributed by atoms with Crippen molar-refractivity contribution in [1.29, 1.82) is 0 Å². The Bertz CT molecular complexity index is 512. The summed E-state index contributed by atoms with van der Waals surface area (Å²) in [6, 6.07) is 10.7. The zero-order valence-electron chi connectivity index (χ0n) is 9.97. The Morgan fingerprint density at radius 1 is 1.24 bits per heavy atom. The molecule has 1 aromatic heterocycles. The molecule has 2 nitrogen and oxygen atoms in total. The van der Waals surface area contributed by atoms with Crippen molar-refractivity contribution in [2.24, 2.45) is 11.7 Å². The Morgan fingerprint density at radius 2 is 2.06 bits per heavy atom. The Balaban J connectivity index is 1.89. The molecule has 0 saturated heterocycles. The fourth-order valence-corrected chi connectivity index (χ4v) is 2.62. The first-order valence-corrected chi connectivity index (χ1v) is 6.43. The van der Waals surface area contributed by atoms with E-state index in [0.717, 1.165) is 17.9 Å². The molecule has 0 spiro atoms. The lowest BCUT2D eigenvalue weighted by atomic mass is 9.78. The molecule has 0 radical (unpaired) electrons. The van der Waals surface area contributed by atoms with Crippen LogP contribution in [-0.2, 0) is 6.42 Å². The summed E-state index contributed by atoms with van der Waals surface area (Å²) in [5.41, 5.74) is 8.70. The SMILES string of the molecule is NC(Cc1ccnc2ccccc12)C1CCC1. The van der Waals surface area contributed by atoms with Gasteiger partial charge >= 0.3 is 0 Å². The highest BCUT2D eigenvalue weighted by atomic mass is 14.7. The Kier molecular flexibility index (Phi) is 2.81. The maximum atomic E-state index is 6.28. The topological polar surface area (TPSA) is 38.9 Å². The second-order valence-electron chi connectivity index (χ2n) is 5.05. The lowest BCUT2D eigenvalue weighted by molar-refractivity contribution is 0.261. The molecule has 1 aliphatic rings. The van der Waals surface area contributed by atoms with E-state index in [1.165, 1.54) is 30.2 Å². The molecule has 1 aliphatic carbocycles. The highest BCUT2D eigenvalue weighted by Crippen LogP contribution is 2.30. The lowest BCUT2D eigenvalue weighted by Crippen LogP contribution is -2.36. The maximum absolute atomic E-state index is 6.28. The molecule has 3 rings (SSSR count). The van der Waals surface area contributed by atoms with Crippen LogP contribution < -0.4 is 5.73 Å². The van der Waals surface area contributed by atoms with Gasteiger partial charge in [-0.2, -0.15) is 0 Å². The first kappa shape index (κ1) is 10.7. The van der Waals surface area contributed by atoms with Gasteiger partial charge in [0.25, 0.3) is 0 Å². The van der Waals surface area contributed by atoms with Crippen molar-refractivity contribution in [3.05, 3.63) is 42.1 Å². The van der Waals surface area contributed by atoms with Crippen LogP contribution in [-0.4, -0.2) is 11.0 Å². The van der Waals surface area contributed by atoms with Crippen LogP contribution in [0.2, 0.25) is 0 Å². The molecule has 1 unspecified atom stereocenters. The fourth-order valence-electron chi connectivity index (χ4n) is 2.62. The van der Waals surface area contributed by atoms with Crippen LogP contribution in [0.5, 0.6) is 0 Å². The van der Waals surface area contributed by atoms with Gasteiger partial charge in [-0.05, 0) is 42.9 Å². The summed E-state index contributed by atoms with van der Waals surface area (Å²) >= 11 is 0. The van der Waals surface area contributed by atoms with Crippen molar-refractivity contribution < 1.29 is 0 Å². The fraction of sp³-hybridized carbons (Fsp3) is 0.400. The number of fused-ring (bicyclic) bond motifs is 1. The average Bonchev–Trinajstić information content (AvgIpc) is 2.27. The van der Waals surface area contributed by atoms with E-state index in [0.29, 0.717) is 6.04 Å². The largest absolute Gasteiger partial charge is 0.327 e. The van der Waals surface area contributed by atoms with Gasteiger partial charge in [0.1, 0.15) is 0 Å². The monoisotopic (exact) mass is 226 g/mol. The van der Waals surface area contributed by atoms with Gasteiger partial charge in [0.05, 0.1) is 5.52 Å². The van der Waals surface area contributed by atoms with Crippen LogP contribution in [0.3, 0.4) is 0 Å². The molecule has 1 heterocycles. The number of aromatic nitrogens is 1. The van der Waals surface area contributed by atoms with E-state index in [2.05, 4.69) is 29.2 Å². The number of nitrogens with zero attached hydrogens (tertiary/aromatic N) is 1. The molecule has 0 aliphatic heterocycles. The van der Waals surface area contributed by atoms with Crippen LogP contribution in [0.15, 0.2) is 36.5 Å². The summed E-state index contributed by atoms with van der Waals surface area (Å²) in [4.78, 5) is 4.39. The molecule has 2 aromatic rings. The average molecular weight is 226 g/mol. The van der Waals surface area contributed by atoms with Gasteiger partial charge in [-0.3, -0.25) is 4.98 Å². The lowest BCUT2D eigenvalue weighted by Gasteiger charge is -2.31. The second kappa shape index (κ2) is 4.46. The molecule has 0 bridgehead atoms. The van der Waals surface area contributed by atoms with Crippen molar-refractivity contribution in [3.63, 3.8) is 0 Å². The van der Waals surface area contributed by atoms with E-state index in [1.807, 2.05) is 12.3 Å². The molecule has 0 amide bonds. The minimum Gasteiger partial charge on any atom is -0.327 e. The van der Waals surface area contributed by atoms with E-state index in [-0.39, 0.29) is 0 Å². The molecule has 1 aromatic carbocycles. The smallest absolute Gasteiger partial charge is 0.0704 e. The third-order valence-electron chi connectivity index (χ3n) is 3.95. The van der Waals surface area contributed by atoms with Crippen molar-refractivity contribution in [2.75, 3.05) is 0 Å². The first-order chi connectivity index (χ1) is 8.34. The molecule has 1 fully saturated rings. The summed E-state index contributed by atoms with van der Waals surface area (Å²) in [5.74, 6) is 0.738. The number of hydrogen-bond donors (Lipinski definition) is 1. The van der Waals surface area contributed by atoms with Gasteiger partial charge in [-0.15, -0.1) is 0 Å². The van der Waals surface area contributed by atoms with E-state index < -0.39 is 0 Å². The van der Waals surface area contributed by atoms with Gasteiger partial charge in [-0.25, -0.2) is 0 Å². The molecule has 1 atom stereocenters. The van der Waals surface area contributed by atoms with E-state index in [4.69, 9.17) is 5.73 Å². The molecule has 2 heteroatoms. The third-order valence-corrected chi connectivity index (χ3v) is 3.95. The predicted octanol–water partition coefficient (Wildman–Crippen LogP) is 2.90. The number of para-hydroxylation sites is 1. The van der Waals surface area contributed by atoms with Crippen LogP contribution in [0, 0.1) is 5.92 Å². The molecular formula is C15H18N2. The molecular weight excluding hydrogens is 208 g/mol. The summed E-state index contributed by atoms with van der Waals surface area (Å²) in [6.07, 6.45) is 6.85. The van der Waals surface area contributed by atoms with Crippen LogP contribution in [0.25, 0.3) is 10.9 Å². The van der Waals surface area contributed by atoms with Crippen molar-refractivity contribution in [2.45, 2.75) is 31.7 Å². The van der Waals surface area contributed by atoms with Gasteiger partial charge in [0.15, 0.2) is 0 Å². The minimum atomic E-state index is 0.314. The summed E-state index contributed by atoms with van der Waals surface area (Å²) in [7, 11) is 0. The Hall–Kier alpha value is -1.41. The van der Waals surface area contributed by atoms with E-state index >= 15 is 0 Å². The maximum Gasteiger partial charge on any atom is 0.0704 e. The Morgan fingerprint density at radius 3 is 2.82 bits per heavy atom.